The Hall–Kier alpha value is -1.83. The topological polar surface area (TPSA) is 127 Å². The standard InChI is InChI=1S/C8H12N6O2/c9-4(8-11-13-14-12-8)3-6(15)5-1-2-7(16)10-5/h4-5H,1-3,9H2,(H,10,16)(H,11,12,13,14)/t4?,5-/m0/s1. The van der Waals surface area contributed by atoms with Gasteiger partial charge in [0.25, 0.3) is 0 Å². The molecule has 1 aromatic heterocycles. The van der Waals surface area contributed by atoms with E-state index in [0.717, 1.165) is 0 Å². The van der Waals surface area contributed by atoms with Gasteiger partial charge in [-0.1, -0.05) is 5.21 Å². The van der Waals surface area contributed by atoms with Gasteiger partial charge in [0.1, 0.15) is 0 Å². The number of carbonyl (C=O) groups is 2. The first-order chi connectivity index (χ1) is 7.66. The van der Waals surface area contributed by atoms with Crippen molar-refractivity contribution in [3.63, 3.8) is 0 Å². The van der Waals surface area contributed by atoms with E-state index < -0.39 is 12.1 Å². The first kappa shape index (κ1) is 10.7. The van der Waals surface area contributed by atoms with Crippen molar-refractivity contribution >= 4 is 11.7 Å². The number of nitrogens with two attached hydrogens (primary N) is 1. The highest BCUT2D eigenvalue weighted by Gasteiger charge is 2.28. The molecule has 1 fully saturated rings. The van der Waals surface area contributed by atoms with Crippen LogP contribution in [0.2, 0.25) is 0 Å². The second-order valence-electron chi connectivity index (χ2n) is 3.71. The Morgan fingerprint density at radius 1 is 1.62 bits per heavy atom. The Bertz CT molecular complexity index is 389. The zero-order chi connectivity index (χ0) is 11.5. The predicted octanol–water partition coefficient (Wildman–Crippen LogP) is -1.56. The molecule has 0 radical (unpaired) electrons. The number of Topliss-reactive ketones (excluding diaryl/α,β-unsaturated/α-hetero) is 1. The molecule has 0 spiro atoms. The van der Waals surface area contributed by atoms with Crippen LogP contribution in [0.1, 0.15) is 31.1 Å². The lowest BCUT2D eigenvalue weighted by Crippen LogP contribution is -2.35. The van der Waals surface area contributed by atoms with Gasteiger partial charge in [0.2, 0.25) is 5.91 Å². The SMILES string of the molecule is NC(CC(=O)[C@@H]1CCC(=O)N1)c1nn[nH]n1. The Labute approximate surface area is 91.0 Å². The summed E-state index contributed by atoms with van der Waals surface area (Å²) >= 11 is 0. The Morgan fingerprint density at radius 3 is 3.00 bits per heavy atom. The Morgan fingerprint density at radius 2 is 2.44 bits per heavy atom. The number of aromatic nitrogens is 4. The van der Waals surface area contributed by atoms with E-state index in [1.165, 1.54) is 0 Å². The van der Waals surface area contributed by atoms with Crippen LogP contribution in [0.3, 0.4) is 0 Å². The van der Waals surface area contributed by atoms with Crippen molar-refractivity contribution in [1.29, 1.82) is 0 Å². The van der Waals surface area contributed by atoms with Gasteiger partial charge in [-0.2, -0.15) is 5.21 Å². The number of rotatable bonds is 4. The van der Waals surface area contributed by atoms with Gasteiger partial charge in [-0.05, 0) is 6.42 Å². The maximum absolute atomic E-state index is 11.7. The summed E-state index contributed by atoms with van der Waals surface area (Å²) in [5.41, 5.74) is 5.72. The zero-order valence-corrected chi connectivity index (χ0v) is 8.51. The number of nitrogens with zero attached hydrogens (tertiary/aromatic N) is 3. The maximum atomic E-state index is 11.7. The molecular formula is C8H12N6O2. The van der Waals surface area contributed by atoms with Crippen molar-refractivity contribution in [1.82, 2.24) is 25.9 Å². The normalized spacial score (nSPS) is 21.8. The summed E-state index contributed by atoms with van der Waals surface area (Å²) in [5.74, 6) is 0.118. The summed E-state index contributed by atoms with van der Waals surface area (Å²) in [7, 11) is 0. The number of amides is 1. The number of nitrogens with one attached hydrogen (secondary N) is 2. The van der Waals surface area contributed by atoms with Gasteiger partial charge in [-0.25, -0.2) is 0 Å². The molecule has 0 aromatic carbocycles. The fourth-order valence-electron chi connectivity index (χ4n) is 1.63. The lowest BCUT2D eigenvalue weighted by Gasteiger charge is -2.11. The second-order valence-corrected chi connectivity index (χ2v) is 3.71. The van der Waals surface area contributed by atoms with Crippen LogP contribution in [0.5, 0.6) is 0 Å². The Kier molecular flexibility index (Phi) is 2.91. The summed E-state index contributed by atoms with van der Waals surface area (Å²) in [6.07, 6.45) is 1.04. The number of hydrogen-bond donors (Lipinski definition) is 3. The third-order valence-corrected chi connectivity index (χ3v) is 2.50. The molecule has 4 N–H and O–H groups in total. The van der Waals surface area contributed by atoms with E-state index in [1.54, 1.807) is 0 Å². The predicted molar refractivity (Wildman–Crippen MR) is 51.9 cm³/mol. The fraction of sp³-hybridized carbons (Fsp3) is 0.625. The molecule has 8 nitrogen and oxygen atoms in total. The zero-order valence-electron chi connectivity index (χ0n) is 8.51. The van der Waals surface area contributed by atoms with Gasteiger partial charge in [-0.3, -0.25) is 9.59 Å². The van der Waals surface area contributed by atoms with Gasteiger partial charge in [-0.15, -0.1) is 10.2 Å². The van der Waals surface area contributed by atoms with Crippen LogP contribution < -0.4 is 11.1 Å². The molecule has 1 amide bonds. The third kappa shape index (κ3) is 2.22. The molecular weight excluding hydrogens is 212 g/mol. The van der Waals surface area contributed by atoms with Crippen molar-refractivity contribution in [3.05, 3.63) is 5.82 Å². The Balaban J connectivity index is 1.90. The molecule has 0 aliphatic carbocycles. The fourth-order valence-corrected chi connectivity index (χ4v) is 1.63. The first-order valence-electron chi connectivity index (χ1n) is 4.98. The van der Waals surface area contributed by atoms with Gasteiger partial charge in [0.05, 0.1) is 12.1 Å². The molecule has 0 saturated carbocycles. The highest BCUT2D eigenvalue weighted by atomic mass is 16.2. The highest BCUT2D eigenvalue weighted by Crippen LogP contribution is 2.14. The monoisotopic (exact) mass is 224 g/mol. The highest BCUT2D eigenvalue weighted by molar-refractivity contribution is 5.92. The van der Waals surface area contributed by atoms with E-state index in [9.17, 15) is 9.59 Å². The number of H-pyrrole nitrogens is 1. The molecule has 16 heavy (non-hydrogen) atoms. The van der Waals surface area contributed by atoms with Crippen molar-refractivity contribution in [2.75, 3.05) is 0 Å². The average molecular weight is 224 g/mol. The minimum absolute atomic E-state index is 0.0912. The number of aromatic amines is 1. The third-order valence-electron chi connectivity index (χ3n) is 2.50. The minimum Gasteiger partial charge on any atom is -0.346 e. The van der Waals surface area contributed by atoms with Gasteiger partial charge >= 0.3 is 0 Å². The molecule has 2 heterocycles. The molecule has 1 aliphatic rings. The van der Waals surface area contributed by atoms with Gasteiger partial charge < -0.3 is 11.1 Å². The molecule has 86 valence electrons. The van der Waals surface area contributed by atoms with Crippen LogP contribution in [-0.2, 0) is 9.59 Å². The average Bonchev–Trinajstić information content (AvgIpc) is 2.87. The molecule has 1 aliphatic heterocycles. The molecule has 1 aromatic rings. The van der Waals surface area contributed by atoms with Crippen LogP contribution in [0.15, 0.2) is 0 Å². The second kappa shape index (κ2) is 4.35. The first-order valence-corrected chi connectivity index (χ1v) is 4.98. The van der Waals surface area contributed by atoms with Crippen LogP contribution >= 0.6 is 0 Å². The van der Waals surface area contributed by atoms with Gasteiger partial charge in [0.15, 0.2) is 11.6 Å². The van der Waals surface area contributed by atoms with E-state index in [-0.39, 0.29) is 18.1 Å². The summed E-state index contributed by atoms with van der Waals surface area (Å²) in [6, 6.07) is -0.991. The van der Waals surface area contributed by atoms with Crippen LogP contribution in [0.25, 0.3) is 0 Å². The quantitative estimate of drug-likeness (QED) is 0.567. The summed E-state index contributed by atoms with van der Waals surface area (Å²) in [6.45, 7) is 0. The summed E-state index contributed by atoms with van der Waals surface area (Å²) in [4.78, 5) is 22.7. The maximum Gasteiger partial charge on any atom is 0.220 e. The number of carbonyl (C=O) groups excluding carboxylic acids is 2. The van der Waals surface area contributed by atoms with Crippen molar-refractivity contribution in [3.8, 4) is 0 Å². The van der Waals surface area contributed by atoms with E-state index in [2.05, 4.69) is 25.9 Å². The lowest BCUT2D eigenvalue weighted by atomic mass is 10.0. The van der Waals surface area contributed by atoms with E-state index in [0.29, 0.717) is 18.7 Å². The molecule has 0 bridgehead atoms. The van der Waals surface area contributed by atoms with Crippen molar-refractivity contribution in [2.45, 2.75) is 31.3 Å². The van der Waals surface area contributed by atoms with Crippen molar-refractivity contribution in [2.24, 2.45) is 5.73 Å². The van der Waals surface area contributed by atoms with E-state index in [1.807, 2.05) is 0 Å². The smallest absolute Gasteiger partial charge is 0.220 e. The van der Waals surface area contributed by atoms with Crippen LogP contribution in [0, 0.1) is 0 Å². The van der Waals surface area contributed by atoms with Gasteiger partial charge in [0, 0.05) is 12.8 Å². The van der Waals surface area contributed by atoms with Crippen molar-refractivity contribution < 1.29 is 9.59 Å². The van der Waals surface area contributed by atoms with Crippen LogP contribution in [-0.4, -0.2) is 38.4 Å². The minimum atomic E-state index is -0.580. The molecule has 2 atom stereocenters. The van der Waals surface area contributed by atoms with E-state index in [4.69, 9.17) is 5.73 Å². The molecule has 8 heteroatoms. The number of hydrogen-bond acceptors (Lipinski definition) is 6. The number of ketones is 1. The lowest BCUT2D eigenvalue weighted by molar-refractivity contribution is -0.124. The van der Waals surface area contributed by atoms with Crippen LogP contribution in [0.4, 0.5) is 0 Å². The largest absolute Gasteiger partial charge is 0.346 e. The summed E-state index contributed by atoms with van der Waals surface area (Å²) < 4.78 is 0. The van der Waals surface area contributed by atoms with E-state index >= 15 is 0 Å². The number of tetrazole rings is 1. The summed E-state index contributed by atoms with van der Waals surface area (Å²) in [5, 5.41) is 15.6. The molecule has 2 rings (SSSR count). The molecule has 1 unspecified atom stereocenters. The molecule has 1 saturated heterocycles.